The molecule has 1 amide bonds. The monoisotopic (exact) mass is 341 g/mol. The number of nitrogens with zero attached hydrogens (tertiary/aromatic N) is 3. The maximum atomic E-state index is 11.8. The Labute approximate surface area is 122 Å². The smallest absolute Gasteiger partial charge is 0.234 e. The van der Waals surface area contributed by atoms with E-state index in [0.29, 0.717) is 11.1 Å². The molecular formula is C11H12BrN5OS. The molecule has 1 aromatic carbocycles. The number of aromatic nitrogens is 3. The number of nitrogens with one attached hydrogen (secondary N) is 1. The molecule has 2 rings (SSSR count). The van der Waals surface area contributed by atoms with E-state index in [1.165, 1.54) is 11.8 Å². The highest BCUT2D eigenvalue weighted by Crippen LogP contribution is 2.22. The van der Waals surface area contributed by atoms with Gasteiger partial charge in [-0.15, -0.1) is 10.2 Å². The topological polar surface area (TPSA) is 85.8 Å². The number of thioether (sulfide) groups is 1. The van der Waals surface area contributed by atoms with Crippen LogP contribution >= 0.6 is 27.7 Å². The fraction of sp³-hybridized carbons (Fsp3) is 0.182. The van der Waals surface area contributed by atoms with Gasteiger partial charge in [-0.2, -0.15) is 0 Å². The van der Waals surface area contributed by atoms with E-state index in [1.54, 1.807) is 11.6 Å². The molecule has 0 aliphatic rings. The number of benzene rings is 1. The number of rotatable bonds is 4. The molecule has 1 aromatic heterocycles. The van der Waals surface area contributed by atoms with Crippen LogP contribution in [0.15, 0.2) is 33.9 Å². The van der Waals surface area contributed by atoms with Crippen LogP contribution in [0.25, 0.3) is 0 Å². The molecule has 6 nitrogen and oxygen atoms in total. The number of anilines is 2. The summed E-state index contributed by atoms with van der Waals surface area (Å²) in [6.07, 6.45) is 0. The van der Waals surface area contributed by atoms with Crippen molar-refractivity contribution in [1.82, 2.24) is 14.8 Å². The van der Waals surface area contributed by atoms with Crippen LogP contribution in [0, 0.1) is 0 Å². The zero-order valence-electron chi connectivity index (χ0n) is 10.1. The lowest BCUT2D eigenvalue weighted by Gasteiger charge is -2.06. The summed E-state index contributed by atoms with van der Waals surface area (Å²) in [7, 11) is 1.75. The minimum Gasteiger partial charge on any atom is -0.368 e. The Kier molecular flexibility index (Phi) is 4.43. The predicted molar refractivity (Wildman–Crippen MR) is 78.9 cm³/mol. The number of nitrogen functional groups attached to an aromatic ring is 1. The van der Waals surface area contributed by atoms with Crippen LogP contribution in [0.3, 0.4) is 0 Å². The molecule has 0 aliphatic heterocycles. The molecule has 0 bridgehead atoms. The Bertz CT molecular complexity index is 601. The van der Waals surface area contributed by atoms with E-state index < -0.39 is 0 Å². The van der Waals surface area contributed by atoms with Gasteiger partial charge >= 0.3 is 0 Å². The van der Waals surface area contributed by atoms with E-state index >= 15 is 0 Å². The molecule has 1 heterocycles. The van der Waals surface area contributed by atoms with Crippen LogP contribution < -0.4 is 11.1 Å². The Morgan fingerprint density at radius 2 is 2.21 bits per heavy atom. The van der Waals surface area contributed by atoms with Crippen molar-refractivity contribution in [2.75, 3.05) is 16.8 Å². The van der Waals surface area contributed by atoms with Gasteiger partial charge in [-0.3, -0.25) is 9.36 Å². The summed E-state index contributed by atoms with van der Waals surface area (Å²) >= 11 is 4.65. The Balaban J connectivity index is 1.92. The summed E-state index contributed by atoms with van der Waals surface area (Å²) in [5.41, 5.74) is 6.30. The van der Waals surface area contributed by atoms with Gasteiger partial charge in [0, 0.05) is 11.5 Å². The normalized spacial score (nSPS) is 10.4. The summed E-state index contributed by atoms with van der Waals surface area (Å²) in [6, 6.07) is 7.44. The second kappa shape index (κ2) is 6.07. The van der Waals surface area contributed by atoms with Crippen molar-refractivity contribution in [2.24, 2.45) is 7.05 Å². The third-order valence-electron chi connectivity index (χ3n) is 2.35. The number of carbonyl (C=O) groups is 1. The second-order valence-corrected chi connectivity index (χ2v) is 5.51. The van der Waals surface area contributed by atoms with Crippen molar-refractivity contribution in [1.29, 1.82) is 0 Å². The van der Waals surface area contributed by atoms with Gasteiger partial charge in [0.1, 0.15) is 0 Å². The van der Waals surface area contributed by atoms with Crippen LogP contribution in [0.2, 0.25) is 0 Å². The summed E-state index contributed by atoms with van der Waals surface area (Å²) in [6.45, 7) is 0. The molecule has 0 saturated heterocycles. The zero-order chi connectivity index (χ0) is 13.8. The van der Waals surface area contributed by atoms with E-state index in [-0.39, 0.29) is 11.7 Å². The van der Waals surface area contributed by atoms with Crippen LogP contribution in [-0.4, -0.2) is 26.4 Å². The number of nitrogens with two attached hydrogens (primary N) is 1. The van der Waals surface area contributed by atoms with Gasteiger partial charge in [0.05, 0.1) is 11.4 Å². The van der Waals surface area contributed by atoms with Gasteiger partial charge in [-0.05, 0) is 28.1 Å². The summed E-state index contributed by atoms with van der Waals surface area (Å²) in [5.74, 6) is 0.458. The highest BCUT2D eigenvalue weighted by molar-refractivity contribution is 9.10. The lowest BCUT2D eigenvalue weighted by molar-refractivity contribution is -0.113. The van der Waals surface area contributed by atoms with Crippen LogP contribution in [0.4, 0.5) is 11.6 Å². The lowest BCUT2D eigenvalue weighted by Crippen LogP contribution is -2.14. The van der Waals surface area contributed by atoms with Gasteiger partial charge in [0.25, 0.3) is 0 Å². The summed E-state index contributed by atoms with van der Waals surface area (Å²) < 4.78 is 2.48. The van der Waals surface area contributed by atoms with Gasteiger partial charge in [-0.25, -0.2) is 0 Å². The van der Waals surface area contributed by atoms with E-state index in [1.807, 2.05) is 24.3 Å². The van der Waals surface area contributed by atoms with Crippen LogP contribution in [0.1, 0.15) is 0 Å². The van der Waals surface area contributed by atoms with Gasteiger partial charge in [0.2, 0.25) is 11.9 Å². The molecule has 19 heavy (non-hydrogen) atoms. The molecule has 3 N–H and O–H groups in total. The maximum Gasteiger partial charge on any atom is 0.234 e. The first-order chi connectivity index (χ1) is 9.08. The average Bonchev–Trinajstić information content (AvgIpc) is 2.70. The van der Waals surface area contributed by atoms with E-state index in [0.717, 1.165) is 10.2 Å². The number of amides is 1. The summed E-state index contributed by atoms with van der Waals surface area (Å²) in [4.78, 5) is 11.8. The van der Waals surface area contributed by atoms with Crippen molar-refractivity contribution in [3.8, 4) is 0 Å². The standard InChI is InChI=1S/C11H12BrN5OS/c1-17-10(13)15-16-11(17)19-6-9(18)14-8-5-3-2-4-7(8)12/h2-5H,6H2,1H3,(H2,13,15)(H,14,18). The molecule has 0 fully saturated rings. The number of carbonyl (C=O) groups excluding carboxylic acids is 1. The molecular weight excluding hydrogens is 330 g/mol. The van der Waals surface area contributed by atoms with E-state index in [9.17, 15) is 4.79 Å². The Morgan fingerprint density at radius 1 is 1.47 bits per heavy atom. The van der Waals surface area contributed by atoms with E-state index in [2.05, 4.69) is 31.4 Å². The zero-order valence-corrected chi connectivity index (χ0v) is 12.5. The first-order valence-corrected chi connectivity index (χ1v) is 7.18. The van der Waals surface area contributed by atoms with Crippen LogP contribution in [-0.2, 0) is 11.8 Å². The fourth-order valence-corrected chi connectivity index (χ4v) is 2.43. The lowest BCUT2D eigenvalue weighted by atomic mass is 10.3. The van der Waals surface area contributed by atoms with Crippen molar-refractivity contribution < 1.29 is 4.79 Å². The second-order valence-electron chi connectivity index (χ2n) is 3.72. The first kappa shape index (κ1) is 13.9. The van der Waals surface area contributed by atoms with Crippen LogP contribution in [0.5, 0.6) is 0 Å². The molecule has 0 unspecified atom stereocenters. The largest absolute Gasteiger partial charge is 0.368 e. The Morgan fingerprint density at radius 3 is 2.84 bits per heavy atom. The number of halogens is 1. The molecule has 0 saturated carbocycles. The quantitative estimate of drug-likeness (QED) is 0.829. The minimum absolute atomic E-state index is 0.113. The molecule has 2 aromatic rings. The van der Waals surface area contributed by atoms with Gasteiger partial charge < -0.3 is 11.1 Å². The Hall–Kier alpha value is -1.54. The first-order valence-electron chi connectivity index (χ1n) is 5.40. The molecule has 0 atom stereocenters. The number of hydrogen-bond donors (Lipinski definition) is 2. The third kappa shape index (κ3) is 3.48. The van der Waals surface area contributed by atoms with Gasteiger partial charge in [0.15, 0.2) is 5.16 Å². The molecule has 100 valence electrons. The van der Waals surface area contributed by atoms with Crippen molar-refractivity contribution in [2.45, 2.75) is 5.16 Å². The van der Waals surface area contributed by atoms with Crippen molar-refractivity contribution >= 4 is 45.2 Å². The third-order valence-corrected chi connectivity index (χ3v) is 4.06. The van der Waals surface area contributed by atoms with Gasteiger partial charge in [-0.1, -0.05) is 23.9 Å². The number of para-hydroxylation sites is 1. The molecule has 8 heteroatoms. The predicted octanol–water partition coefficient (Wildman–Crippen LogP) is 1.89. The molecule has 0 spiro atoms. The van der Waals surface area contributed by atoms with Crippen molar-refractivity contribution in [3.63, 3.8) is 0 Å². The SMILES string of the molecule is Cn1c(N)nnc1SCC(=O)Nc1ccccc1Br. The fourth-order valence-electron chi connectivity index (χ4n) is 1.33. The highest BCUT2D eigenvalue weighted by Gasteiger charge is 2.10. The van der Waals surface area contributed by atoms with E-state index in [4.69, 9.17) is 5.73 Å². The molecule has 0 aliphatic carbocycles. The summed E-state index contributed by atoms with van der Waals surface area (Å²) in [5, 5.41) is 11.0. The average molecular weight is 342 g/mol. The maximum absolute atomic E-state index is 11.8. The minimum atomic E-state index is -0.113. The molecule has 0 radical (unpaired) electrons. The van der Waals surface area contributed by atoms with Crippen molar-refractivity contribution in [3.05, 3.63) is 28.7 Å². The highest BCUT2D eigenvalue weighted by atomic mass is 79.9. The number of hydrogen-bond acceptors (Lipinski definition) is 5.